The molecule has 20 heavy (non-hydrogen) atoms. The summed E-state index contributed by atoms with van der Waals surface area (Å²) >= 11 is 0. The summed E-state index contributed by atoms with van der Waals surface area (Å²) in [5, 5.41) is 4.20. The van der Waals surface area contributed by atoms with Gasteiger partial charge in [-0.15, -0.1) is 0 Å². The lowest BCUT2D eigenvalue weighted by Crippen LogP contribution is -2.48. The van der Waals surface area contributed by atoms with Crippen LogP contribution in [0, 0.1) is 17.8 Å². The topological polar surface area (TPSA) is 64.9 Å². The van der Waals surface area contributed by atoms with Gasteiger partial charge in [-0.05, 0) is 62.7 Å². The molecule has 0 spiro atoms. The fourth-order valence-electron chi connectivity index (χ4n) is 5.30. The standard InChI is InChI=1S/C16H25N3O/c1-2-13(17)6-14-18-15(20-19-14)16-7-10-3-11(8-16)5-12(4-10)9-16/h10-13H,2-9,17H2,1H3. The minimum Gasteiger partial charge on any atom is -0.339 e. The molecule has 1 heterocycles. The Hall–Kier alpha value is -0.900. The zero-order chi connectivity index (χ0) is 13.7. The maximum Gasteiger partial charge on any atom is 0.232 e. The number of aromatic nitrogens is 2. The van der Waals surface area contributed by atoms with E-state index in [0.717, 1.165) is 42.3 Å². The summed E-state index contributed by atoms with van der Waals surface area (Å²) < 4.78 is 5.68. The van der Waals surface area contributed by atoms with Crippen LogP contribution in [-0.2, 0) is 11.8 Å². The van der Waals surface area contributed by atoms with Crippen LogP contribution in [0.5, 0.6) is 0 Å². The average Bonchev–Trinajstić information content (AvgIpc) is 2.86. The van der Waals surface area contributed by atoms with Crippen LogP contribution in [-0.4, -0.2) is 16.2 Å². The Morgan fingerprint density at radius 1 is 1.20 bits per heavy atom. The van der Waals surface area contributed by atoms with E-state index in [0.29, 0.717) is 0 Å². The van der Waals surface area contributed by atoms with E-state index in [4.69, 9.17) is 15.2 Å². The van der Waals surface area contributed by atoms with Crippen molar-refractivity contribution in [2.75, 3.05) is 0 Å². The van der Waals surface area contributed by atoms with Gasteiger partial charge in [0.05, 0.1) is 5.41 Å². The number of rotatable bonds is 4. The minimum atomic E-state index is 0.150. The van der Waals surface area contributed by atoms with Gasteiger partial charge in [-0.2, -0.15) is 4.98 Å². The monoisotopic (exact) mass is 275 g/mol. The first-order valence-corrected chi connectivity index (χ1v) is 8.25. The molecule has 4 saturated carbocycles. The normalized spacial score (nSPS) is 40.2. The summed E-state index contributed by atoms with van der Waals surface area (Å²) in [4.78, 5) is 4.73. The molecule has 2 N–H and O–H groups in total. The molecule has 4 nitrogen and oxygen atoms in total. The molecule has 0 saturated heterocycles. The molecule has 4 aliphatic carbocycles. The van der Waals surface area contributed by atoms with E-state index >= 15 is 0 Å². The van der Waals surface area contributed by atoms with Crippen molar-refractivity contribution in [3.05, 3.63) is 11.7 Å². The Bertz CT molecular complexity index is 460. The Kier molecular flexibility index (Phi) is 2.92. The second-order valence-corrected chi connectivity index (χ2v) is 7.59. The fraction of sp³-hybridized carbons (Fsp3) is 0.875. The van der Waals surface area contributed by atoms with Crippen LogP contribution < -0.4 is 5.73 Å². The molecule has 4 bridgehead atoms. The minimum absolute atomic E-state index is 0.150. The van der Waals surface area contributed by atoms with E-state index in [1.165, 1.54) is 38.5 Å². The van der Waals surface area contributed by atoms with Crippen LogP contribution in [0.1, 0.15) is 63.6 Å². The van der Waals surface area contributed by atoms with Crippen molar-refractivity contribution in [3.8, 4) is 0 Å². The van der Waals surface area contributed by atoms with Crippen molar-refractivity contribution >= 4 is 0 Å². The lowest BCUT2D eigenvalue weighted by molar-refractivity contribution is -0.0201. The molecular weight excluding hydrogens is 250 g/mol. The Morgan fingerprint density at radius 3 is 2.35 bits per heavy atom. The van der Waals surface area contributed by atoms with Crippen molar-refractivity contribution in [1.29, 1.82) is 0 Å². The summed E-state index contributed by atoms with van der Waals surface area (Å²) in [6, 6.07) is 0.150. The molecule has 1 atom stereocenters. The lowest BCUT2D eigenvalue weighted by atomic mass is 9.49. The van der Waals surface area contributed by atoms with Gasteiger partial charge in [-0.3, -0.25) is 0 Å². The van der Waals surface area contributed by atoms with Gasteiger partial charge >= 0.3 is 0 Å². The number of hydrogen-bond donors (Lipinski definition) is 1. The molecule has 4 heteroatoms. The van der Waals surface area contributed by atoms with Gasteiger partial charge in [-0.1, -0.05) is 12.1 Å². The van der Waals surface area contributed by atoms with Crippen molar-refractivity contribution in [2.45, 2.75) is 69.7 Å². The van der Waals surface area contributed by atoms with Crippen LogP contribution in [0.4, 0.5) is 0 Å². The predicted molar refractivity (Wildman–Crippen MR) is 76.1 cm³/mol. The van der Waals surface area contributed by atoms with Crippen molar-refractivity contribution < 1.29 is 4.52 Å². The highest BCUT2D eigenvalue weighted by molar-refractivity contribution is 5.15. The molecule has 1 aromatic heterocycles. The van der Waals surface area contributed by atoms with Gasteiger partial charge < -0.3 is 10.3 Å². The average molecular weight is 275 g/mol. The third kappa shape index (κ3) is 2.00. The second kappa shape index (κ2) is 4.55. The van der Waals surface area contributed by atoms with Gasteiger partial charge in [0.2, 0.25) is 5.89 Å². The first-order chi connectivity index (χ1) is 9.67. The first kappa shape index (κ1) is 12.8. The maximum absolute atomic E-state index is 6.00. The highest BCUT2D eigenvalue weighted by Gasteiger charge is 2.54. The quantitative estimate of drug-likeness (QED) is 0.917. The predicted octanol–water partition coefficient (Wildman–Crippen LogP) is 2.82. The molecule has 0 aromatic carbocycles. The van der Waals surface area contributed by atoms with Crippen LogP contribution in [0.3, 0.4) is 0 Å². The maximum atomic E-state index is 6.00. The van der Waals surface area contributed by atoms with Crippen molar-refractivity contribution in [2.24, 2.45) is 23.5 Å². The van der Waals surface area contributed by atoms with Gasteiger partial charge in [0.15, 0.2) is 5.82 Å². The molecule has 0 radical (unpaired) electrons. The van der Waals surface area contributed by atoms with Gasteiger partial charge in [0.1, 0.15) is 0 Å². The number of hydrogen-bond acceptors (Lipinski definition) is 4. The summed E-state index contributed by atoms with van der Waals surface area (Å²) in [5.74, 6) is 4.47. The van der Waals surface area contributed by atoms with E-state index in [1.807, 2.05) is 0 Å². The third-order valence-corrected chi connectivity index (χ3v) is 5.93. The number of nitrogens with zero attached hydrogens (tertiary/aromatic N) is 2. The van der Waals surface area contributed by atoms with Gasteiger partial charge in [0.25, 0.3) is 0 Å². The van der Waals surface area contributed by atoms with E-state index in [2.05, 4.69) is 12.1 Å². The molecule has 4 fully saturated rings. The molecule has 0 amide bonds. The smallest absolute Gasteiger partial charge is 0.232 e. The van der Waals surface area contributed by atoms with E-state index in [9.17, 15) is 0 Å². The van der Waals surface area contributed by atoms with Crippen molar-refractivity contribution in [1.82, 2.24) is 10.1 Å². The van der Waals surface area contributed by atoms with Gasteiger partial charge in [0, 0.05) is 12.5 Å². The van der Waals surface area contributed by atoms with Crippen molar-refractivity contribution in [3.63, 3.8) is 0 Å². The molecule has 0 aliphatic heterocycles. The van der Waals surface area contributed by atoms with Crippen LogP contribution in [0.25, 0.3) is 0 Å². The molecule has 5 rings (SSSR count). The number of nitrogens with two attached hydrogens (primary N) is 1. The molecule has 1 aromatic rings. The summed E-state index contributed by atoms with van der Waals surface area (Å²) in [6.07, 6.45) is 9.87. The first-order valence-electron chi connectivity index (χ1n) is 8.25. The Morgan fingerprint density at radius 2 is 1.80 bits per heavy atom. The SMILES string of the molecule is CCC(N)Cc1noc(C23CC4CC(CC(C4)C2)C3)n1. The summed E-state index contributed by atoms with van der Waals surface area (Å²) in [7, 11) is 0. The van der Waals surface area contributed by atoms with Crippen LogP contribution in [0.2, 0.25) is 0 Å². The van der Waals surface area contributed by atoms with Crippen LogP contribution >= 0.6 is 0 Å². The fourth-order valence-corrected chi connectivity index (χ4v) is 5.30. The highest BCUT2D eigenvalue weighted by atomic mass is 16.5. The Labute approximate surface area is 120 Å². The molecule has 4 aliphatic rings. The Balaban J connectivity index is 1.58. The molecule has 110 valence electrons. The molecule has 1 unspecified atom stereocenters. The highest BCUT2D eigenvalue weighted by Crippen LogP contribution is 2.60. The van der Waals surface area contributed by atoms with E-state index < -0.39 is 0 Å². The largest absolute Gasteiger partial charge is 0.339 e. The zero-order valence-corrected chi connectivity index (χ0v) is 12.3. The summed E-state index contributed by atoms with van der Waals surface area (Å²) in [5.41, 5.74) is 6.22. The summed E-state index contributed by atoms with van der Waals surface area (Å²) in [6.45, 7) is 2.10. The van der Waals surface area contributed by atoms with E-state index in [1.54, 1.807) is 0 Å². The zero-order valence-electron chi connectivity index (χ0n) is 12.3. The molecular formula is C16H25N3O. The third-order valence-electron chi connectivity index (χ3n) is 5.93. The second-order valence-electron chi connectivity index (χ2n) is 7.59. The van der Waals surface area contributed by atoms with Gasteiger partial charge in [-0.25, -0.2) is 0 Å². The van der Waals surface area contributed by atoms with Crippen LogP contribution in [0.15, 0.2) is 4.52 Å². The lowest BCUT2D eigenvalue weighted by Gasteiger charge is -2.55. The van der Waals surface area contributed by atoms with E-state index in [-0.39, 0.29) is 11.5 Å².